The van der Waals surface area contributed by atoms with Gasteiger partial charge in [-0.25, -0.2) is 4.79 Å². The number of methoxy groups -OCH3 is 2. The summed E-state index contributed by atoms with van der Waals surface area (Å²) in [6.45, 7) is 0.820. The molecular formula is C12H20N2O7. The van der Waals surface area contributed by atoms with E-state index in [0.717, 1.165) is 19.1 Å². The first kappa shape index (κ1) is 18.7. The Hall–Kier alpha value is -2.32. The van der Waals surface area contributed by atoms with E-state index >= 15 is 0 Å². The van der Waals surface area contributed by atoms with E-state index in [-0.39, 0.29) is 6.42 Å². The molecule has 0 bridgehead atoms. The van der Waals surface area contributed by atoms with Crippen LogP contribution in [0.2, 0.25) is 0 Å². The SMILES string of the molecule is CCC(CC(=O)O)NC(=O)N(CC(=O)OC)CC(=O)OC. The van der Waals surface area contributed by atoms with Crippen LogP contribution >= 0.6 is 0 Å². The first-order valence-electron chi connectivity index (χ1n) is 6.24. The van der Waals surface area contributed by atoms with Gasteiger partial charge in [-0.15, -0.1) is 0 Å². The minimum Gasteiger partial charge on any atom is -0.481 e. The molecule has 0 radical (unpaired) electrons. The smallest absolute Gasteiger partial charge is 0.325 e. The molecule has 0 saturated heterocycles. The molecule has 9 nitrogen and oxygen atoms in total. The van der Waals surface area contributed by atoms with Gasteiger partial charge in [0.15, 0.2) is 0 Å². The first-order chi connectivity index (χ1) is 9.83. The second-order valence-corrected chi connectivity index (χ2v) is 4.16. The van der Waals surface area contributed by atoms with Crippen molar-refractivity contribution in [3.05, 3.63) is 0 Å². The summed E-state index contributed by atoms with van der Waals surface area (Å²) < 4.78 is 8.87. The van der Waals surface area contributed by atoms with Gasteiger partial charge in [-0.2, -0.15) is 0 Å². The third-order valence-electron chi connectivity index (χ3n) is 2.62. The molecule has 0 aliphatic rings. The summed E-state index contributed by atoms with van der Waals surface area (Å²) in [5.41, 5.74) is 0. The maximum absolute atomic E-state index is 12.0. The van der Waals surface area contributed by atoms with E-state index in [1.807, 2.05) is 0 Å². The zero-order chi connectivity index (χ0) is 16.4. The van der Waals surface area contributed by atoms with Crippen LogP contribution in [0.25, 0.3) is 0 Å². The van der Waals surface area contributed by atoms with Crippen LogP contribution in [0.4, 0.5) is 4.79 Å². The van der Waals surface area contributed by atoms with Crippen molar-refractivity contribution in [2.45, 2.75) is 25.8 Å². The van der Waals surface area contributed by atoms with Crippen LogP contribution in [0.1, 0.15) is 19.8 Å². The van der Waals surface area contributed by atoms with E-state index < -0.39 is 43.1 Å². The molecule has 0 rings (SSSR count). The van der Waals surface area contributed by atoms with Crippen LogP contribution in [0.3, 0.4) is 0 Å². The number of nitrogens with zero attached hydrogens (tertiary/aromatic N) is 1. The van der Waals surface area contributed by atoms with Crippen molar-refractivity contribution in [2.75, 3.05) is 27.3 Å². The molecule has 21 heavy (non-hydrogen) atoms. The number of hydrogen-bond donors (Lipinski definition) is 2. The van der Waals surface area contributed by atoms with E-state index in [1.54, 1.807) is 6.92 Å². The van der Waals surface area contributed by atoms with Gasteiger partial charge in [0.2, 0.25) is 0 Å². The second-order valence-electron chi connectivity index (χ2n) is 4.16. The molecule has 0 aromatic heterocycles. The predicted octanol–water partition coefficient (Wildman–Crippen LogP) is -0.403. The highest BCUT2D eigenvalue weighted by atomic mass is 16.5. The summed E-state index contributed by atoms with van der Waals surface area (Å²) in [6, 6.07) is -1.34. The fourth-order valence-corrected chi connectivity index (χ4v) is 1.41. The second kappa shape index (κ2) is 9.56. The van der Waals surface area contributed by atoms with Crippen LogP contribution in [-0.4, -0.2) is 67.3 Å². The summed E-state index contributed by atoms with van der Waals surface area (Å²) in [6.07, 6.45) is 0.134. The largest absolute Gasteiger partial charge is 0.481 e. The molecule has 120 valence electrons. The van der Waals surface area contributed by atoms with E-state index in [2.05, 4.69) is 14.8 Å². The van der Waals surface area contributed by atoms with Gasteiger partial charge in [-0.3, -0.25) is 14.4 Å². The number of aliphatic carboxylic acids is 1. The highest BCUT2D eigenvalue weighted by molar-refractivity contribution is 5.85. The van der Waals surface area contributed by atoms with Crippen molar-refractivity contribution < 1.29 is 33.8 Å². The van der Waals surface area contributed by atoms with E-state index in [1.165, 1.54) is 0 Å². The zero-order valence-electron chi connectivity index (χ0n) is 12.2. The first-order valence-corrected chi connectivity index (χ1v) is 6.24. The number of carbonyl (C=O) groups is 4. The molecule has 1 atom stereocenters. The van der Waals surface area contributed by atoms with Gasteiger partial charge >= 0.3 is 23.9 Å². The van der Waals surface area contributed by atoms with Crippen LogP contribution in [0.5, 0.6) is 0 Å². The summed E-state index contributed by atoms with van der Waals surface area (Å²) in [4.78, 5) is 46.0. The van der Waals surface area contributed by atoms with E-state index in [4.69, 9.17) is 5.11 Å². The zero-order valence-corrected chi connectivity index (χ0v) is 12.2. The fourth-order valence-electron chi connectivity index (χ4n) is 1.41. The quantitative estimate of drug-likeness (QED) is 0.585. The maximum atomic E-state index is 12.0. The molecule has 0 aromatic carbocycles. The molecule has 0 saturated carbocycles. The number of carboxylic acids is 1. The lowest BCUT2D eigenvalue weighted by Gasteiger charge is -2.23. The normalized spacial score (nSPS) is 11.2. The Morgan fingerprint density at radius 1 is 1.10 bits per heavy atom. The lowest BCUT2D eigenvalue weighted by molar-refractivity contribution is -0.144. The number of ether oxygens (including phenoxy) is 2. The van der Waals surface area contributed by atoms with Gasteiger partial charge in [0, 0.05) is 6.04 Å². The highest BCUT2D eigenvalue weighted by Gasteiger charge is 2.23. The van der Waals surface area contributed by atoms with Gasteiger partial charge in [0.05, 0.1) is 20.6 Å². The molecule has 0 aromatic rings. The number of esters is 2. The third kappa shape index (κ3) is 7.75. The van der Waals surface area contributed by atoms with Crippen molar-refractivity contribution in [1.29, 1.82) is 0 Å². The van der Waals surface area contributed by atoms with Crippen molar-refractivity contribution >= 4 is 23.9 Å². The molecule has 0 aliphatic carbocycles. The average Bonchev–Trinajstić information content (AvgIpc) is 2.44. The van der Waals surface area contributed by atoms with E-state index in [0.29, 0.717) is 6.42 Å². The minimum atomic E-state index is -1.06. The van der Waals surface area contributed by atoms with Crippen LogP contribution in [-0.2, 0) is 23.9 Å². The predicted molar refractivity (Wildman–Crippen MR) is 70.5 cm³/mol. The lowest BCUT2D eigenvalue weighted by Crippen LogP contribution is -2.49. The highest BCUT2D eigenvalue weighted by Crippen LogP contribution is 2.01. The number of carboxylic acid groups (broad SMARTS) is 1. The van der Waals surface area contributed by atoms with Crippen LogP contribution in [0, 0.1) is 0 Å². The van der Waals surface area contributed by atoms with Crippen LogP contribution in [0.15, 0.2) is 0 Å². The molecule has 0 spiro atoms. The third-order valence-corrected chi connectivity index (χ3v) is 2.62. The Morgan fingerprint density at radius 3 is 1.90 bits per heavy atom. The number of amides is 2. The number of rotatable bonds is 8. The minimum absolute atomic E-state index is 0.257. The molecular weight excluding hydrogens is 284 g/mol. The summed E-state index contributed by atoms with van der Waals surface area (Å²) in [7, 11) is 2.30. The van der Waals surface area contributed by atoms with Crippen molar-refractivity contribution in [2.24, 2.45) is 0 Å². The van der Waals surface area contributed by atoms with Gasteiger partial charge in [-0.05, 0) is 6.42 Å². The molecule has 0 heterocycles. The van der Waals surface area contributed by atoms with Crippen molar-refractivity contribution in [3.8, 4) is 0 Å². The summed E-state index contributed by atoms with van der Waals surface area (Å²) in [5.74, 6) is -2.48. The summed E-state index contributed by atoms with van der Waals surface area (Å²) >= 11 is 0. The fraction of sp³-hybridized carbons (Fsp3) is 0.667. The number of urea groups is 1. The maximum Gasteiger partial charge on any atom is 0.325 e. The Balaban J connectivity index is 4.78. The summed E-state index contributed by atoms with van der Waals surface area (Å²) in [5, 5.41) is 11.2. The monoisotopic (exact) mass is 304 g/mol. The number of hydrogen-bond acceptors (Lipinski definition) is 6. The van der Waals surface area contributed by atoms with Crippen LogP contribution < -0.4 is 5.32 Å². The van der Waals surface area contributed by atoms with Crippen molar-refractivity contribution in [1.82, 2.24) is 10.2 Å². The van der Waals surface area contributed by atoms with Gasteiger partial charge in [-0.1, -0.05) is 6.92 Å². The standard InChI is InChI=1S/C12H20N2O7/c1-4-8(5-9(15)16)13-12(19)14(6-10(17)20-2)7-11(18)21-3/h8H,4-7H2,1-3H3,(H,13,19)(H,15,16). The van der Waals surface area contributed by atoms with E-state index in [9.17, 15) is 19.2 Å². The Bertz CT molecular complexity index is 379. The molecule has 2 N–H and O–H groups in total. The Kier molecular flexibility index (Phi) is 8.51. The Morgan fingerprint density at radius 2 is 1.57 bits per heavy atom. The molecule has 1 unspecified atom stereocenters. The van der Waals surface area contributed by atoms with Gasteiger partial charge < -0.3 is 24.8 Å². The lowest BCUT2D eigenvalue weighted by atomic mass is 10.1. The molecule has 2 amide bonds. The molecule has 0 aliphatic heterocycles. The van der Waals surface area contributed by atoms with Gasteiger partial charge in [0.25, 0.3) is 0 Å². The number of nitrogens with one attached hydrogen (secondary N) is 1. The topological polar surface area (TPSA) is 122 Å². The average molecular weight is 304 g/mol. The Labute approximate surface area is 122 Å². The molecule has 9 heteroatoms. The van der Waals surface area contributed by atoms with Crippen molar-refractivity contribution in [3.63, 3.8) is 0 Å². The van der Waals surface area contributed by atoms with Gasteiger partial charge in [0.1, 0.15) is 13.1 Å². The molecule has 0 fully saturated rings. The number of carbonyl (C=O) groups excluding carboxylic acids is 3.